The van der Waals surface area contributed by atoms with E-state index in [4.69, 9.17) is 0 Å². The molecule has 0 saturated carbocycles. The number of hydrogen-bond acceptors (Lipinski definition) is 3. The molecule has 1 aromatic heterocycles. The molecular formula is C16H14ClN2O-. The first-order chi connectivity index (χ1) is 9.24. The molecular weight excluding hydrogens is 272 g/mol. The van der Waals surface area contributed by atoms with Gasteiger partial charge in [0, 0.05) is 16.8 Å². The quantitative estimate of drug-likeness (QED) is 0.691. The van der Waals surface area contributed by atoms with E-state index < -0.39 is 0 Å². The molecule has 0 radical (unpaired) electrons. The van der Waals surface area contributed by atoms with Crippen molar-refractivity contribution >= 4 is 22.3 Å². The predicted molar refractivity (Wildman–Crippen MR) is 77.9 cm³/mol. The van der Waals surface area contributed by atoms with Gasteiger partial charge >= 0.3 is 0 Å². The first-order valence-corrected chi connectivity index (χ1v) is 6.15. The average Bonchev–Trinajstić information content (AvgIpc) is 2.41. The van der Waals surface area contributed by atoms with E-state index >= 15 is 0 Å². The van der Waals surface area contributed by atoms with E-state index in [2.05, 4.69) is 10.3 Å². The van der Waals surface area contributed by atoms with Crippen molar-refractivity contribution in [1.82, 2.24) is 4.98 Å². The Morgan fingerprint density at radius 1 is 0.950 bits per heavy atom. The van der Waals surface area contributed by atoms with Gasteiger partial charge in [-0.1, -0.05) is 30.3 Å². The van der Waals surface area contributed by atoms with Crippen molar-refractivity contribution in [2.45, 2.75) is 6.92 Å². The summed E-state index contributed by atoms with van der Waals surface area (Å²) in [7, 11) is 0. The molecule has 1 heterocycles. The van der Waals surface area contributed by atoms with Crippen LogP contribution in [0.15, 0.2) is 54.6 Å². The number of hydrogen-bond donors (Lipinski definition) is 2. The number of rotatable bonds is 2. The maximum absolute atomic E-state index is 9.84. The maximum atomic E-state index is 9.84. The van der Waals surface area contributed by atoms with Gasteiger partial charge in [0.15, 0.2) is 0 Å². The molecule has 0 fully saturated rings. The maximum Gasteiger partial charge on any atom is 0.139 e. The van der Waals surface area contributed by atoms with Gasteiger partial charge in [-0.2, -0.15) is 0 Å². The second kappa shape index (κ2) is 5.80. The minimum atomic E-state index is 0. The Labute approximate surface area is 123 Å². The van der Waals surface area contributed by atoms with Crippen LogP contribution in [0.5, 0.6) is 5.75 Å². The van der Waals surface area contributed by atoms with Crippen molar-refractivity contribution in [1.29, 1.82) is 0 Å². The van der Waals surface area contributed by atoms with Crippen LogP contribution in [0, 0.1) is 6.92 Å². The van der Waals surface area contributed by atoms with Crippen LogP contribution in [0.1, 0.15) is 5.69 Å². The minimum Gasteiger partial charge on any atom is -1.00 e. The van der Waals surface area contributed by atoms with Crippen molar-refractivity contribution in [2.24, 2.45) is 0 Å². The van der Waals surface area contributed by atoms with Crippen molar-refractivity contribution < 1.29 is 17.5 Å². The van der Waals surface area contributed by atoms with E-state index in [1.165, 1.54) is 0 Å². The largest absolute Gasteiger partial charge is 1.00 e. The zero-order chi connectivity index (χ0) is 13.2. The zero-order valence-corrected chi connectivity index (χ0v) is 11.7. The molecule has 20 heavy (non-hydrogen) atoms. The van der Waals surface area contributed by atoms with Crippen molar-refractivity contribution in [3.63, 3.8) is 0 Å². The zero-order valence-electron chi connectivity index (χ0n) is 11.0. The van der Waals surface area contributed by atoms with Gasteiger partial charge in [-0.15, -0.1) is 0 Å². The summed E-state index contributed by atoms with van der Waals surface area (Å²) in [5, 5.41) is 14.1. The third kappa shape index (κ3) is 2.68. The summed E-state index contributed by atoms with van der Waals surface area (Å²) in [5.41, 5.74) is 3.53. The number of pyridine rings is 1. The molecule has 3 aromatic rings. The first kappa shape index (κ1) is 14.2. The van der Waals surface area contributed by atoms with Gasteiger partial charge in [0.2, 0.25) is 0 Å². The standard InChI is InChI=1S/C16H14N2O.ClH/c1-11-10-15(12-6-2-3-7-13(12)17-11)18-14-8-4-5-9-16(14)19;/h2-10,19H,1H3,(H,17,18);1H/p-1. The van der Waals surface area contributed by atoms with E-state index in [-0.39, 0.29) is 18.2 Å². The number of anilines is 2. The molecule has 3 nitrogen and oxygen atoms in total. The first-order valence-electron chi connectivity index (χ1n) is 6.15. The Morgan fingerprint density at radius 2 is 1.65 bits per heavy atom. The van der Waals surface area contributed by atoms with Gasteiger partial charge in [-0.25, -0.2) is 0 Å². The van der Waals surface area contributed by atoms with Crippen LogP contribution >= 0.6 is 0 Å². The number of nitrogens with one attached hydrogen (secondary N) is 1. The summed E-state index contributed by atoms with van der Waals surface area (Å²) < 4.78 is 0. The number of phenols is 1. The van der Waals surface area contributed by atoms with E-state index in [0.717, 1.165) is 22.3 Å². The number of fused-ring (bicyclic) bond motifs is 1. The molecule has 0 saturated heterocycles. The summed E-state index contributed by atoms with van der Waals surface area (Å²) in [6.07, 6.45) is 0. The van der Waals surface area contributed by atoms with E-state index in [1.54, 1.807) is 12.1 Å². The lowest BCUT2D eigenvalue weighted by Gasteiger charge is -2.11. The van der Waals surface area contributed by atoms with Crippen molar-refractivity contribution in [2.75, 3.05) is 5.32 Å². The van der Waals surface area contributed by atoms with Crippen LogP contribution in [0.3, 0.4) is 0 Å². The Bertz CT molecular complexity index is 743. The molecule has 4 heteroatoms. The van der Waals surface area contributed by atoms with E-state index in [9.17, 15) is 5.11 Å². The van der Waals surface area contributed by atoms with Crippen molar-refractivity contribution in [3.8, 4) is 5.75 Å². The van der Waals surface area contributed by atoms with Gasteiger partial charge in [-0.3, -0.25) is 4.98 Å². The SMILES string of the molecule is Cc1cc(Nc2ccccc2O)c2ccccc2n1.[Cl-]. The number of aryl methyl sites for hydroxylation is 1. The number of aromatic hydroxyl groups is 1. The molecule has 0 atom stereocenters. The lowest BCUT2D eigenvalue weighted by molar-refractivity contribution is -0.00000485. The topological polar surface area (TPSA) is 45.1 Å². The molecule has 0 amide bonds. The lowest BCUT2D eigenvalue weighted by atomic mass is 10.1. The summed E-state index contributed by atoms with van der Waals surface area (Å²) in [6, 6.07) is 17.1. The summed E-state index contributed by atoms with van der Waals surface area (Å²) >= 11 is 0. The number of aromatic nitrogens is 1. The molecule has 2 N–H and O–H groups in total. The number of benzene rings is 2. The molecule has 0 aliphatic carbocycles. The van der Waals surface area contributed by atoms with Crippen molar-refractivity contribution in [3.05, 3.63) is 60.3 Å². The number of para-hydroxylation sites is 3. The fourth-order valence-corrected chi connectivity index (χ4v) is 2.14. The highest BCUT2D eigenvalue weighted by Gasteiger charge is 2.05. The summed E-state index contributed by atoms with van der Waals surface area (Å²) in [4.78, 5) is 4.50. The van der Waals surface area contributed by atoms with Crippen LogP contribution in [0.2, 0.25) is 0 Å². The van der Waals surface area contributed by atoms with Crippen LogP contribution in [0.25, 0.3) is 10.9 Å². The highest BCUT2D eigenvalue weighted by Crippen LogP contribution is 2.30. The molecule has 0 spiro atoms. The summed E-state index contributed by atoms with van der Waals surface area (Å²) in [5.74, 6) is 0.237. The average molecular weight is 286 g/mol. The van der Waals surface area contributed by atoms with Gasteiger partial charge in [0.25, 0.3) is 0 Å². The van der Waals surface area contributed by atoms with Gasteiger partial charge in [-0.05, 0) is 31.2 Å². The van der Waals surface area contributed by atoms with E-state index in [1.807, 2.05) is 49.4 Å². The van der Waals surface area contributed by atoms with Crippen LogP contribution in [0.4, 0.5) is 11.4 Å². The molecule has 0 aliphatic heterocycles. The molecule has 0 unspecified atom stereocenters. The van der Waals surface area contributed by atoms with Gasteiger partial charge in [0.05, 0.1) is 11.2 Å². The third-order valence-corrected chi connectivity index (χ3v) is 3.02. The van der Waals surface area contributed by atoms with Gasteiger partial charge < -0.3 is 22.8 Å². The third-order valence-electron chi connectivity index (χ3n) is 3.02. The summed E-state index contributed by atoms with van der Waals surface area (Å²) in [6.45, 7) is 1.96. The second-order valence-electron chi connectivity index (χ2n) is 4.47. The van der Waals surface area contributed by atoms with Gasteiger partial charge in [0.1, 0.15) is 5.75 Å². The Hall–Kier alpha value is -2.26. The molecule has 3 rings (SSSR count). The van der Waals surface area contributed by atoms with Crippen LogP contribution < -0.4 is 17.7 Å². The smallest absolute Gasteiger partial charge is 0.139 e. The highest BCUT2D eigenvalue weighted by atomic mass is 35.5. The molecule has 102 valence electrons. The monoisotopic (exact) mass is 285 g/mol. The number of phenolic OH excluding ortho intramolecular Hbond substituents is 1. The number of nitrogens with zero attached hydrogens (tertiary/aromatic N) is 1. The Morgan fingerprint density at radius 3 is 2.45 bits per heavy atom. The fourth-order valence-electron chi connectivity index (χ4n) is 2.14. The second-order valence-corrected chi connectivity index (χ2v) is 4.47. The van der Waals surface area contributed by atoms with E-state index in [0.29, 0.717) is 5.69 Å². The van der Waals surface area contributed by atoms with Crippen LogP contribution in [-0.4, -0.2) is 10.1 Å². The predicted octanol–water partition coefficient (Wildman–Crippen LogP) is 0.996. The molecule has 0 bridgehead atoms. The lowest BCUT2D eigenvalue weighted by Crippen LogP contribution is -3.00. The minimum absolute atomic E-state index is 0. The normalized spacial score (nSPS) is 10.1. The van der Waals surface area contributed by atoms with Crippen LogP contribution in [-0.2, 0) is 0 Å². The fraction of sp³-hybridized carbons (Fsp3) is 0.0625. The molecule has 2 aromatic carbocycles. The Balaban J connectivity index is 0.00000147. The molecule has 0 aliphatic rings. The number of halogens is 1. The Kier molecular flexibility index (Phi) is 4.11. The highest BCUT2D eigenvalue weighted by molar-refractivity contribution is 5.93.